The van der Waals surface area contributed by atoms with Gasteiger partial charge in [-0.3, -0.25) is 4.79 Å². The largest absolute Gasteiger partial charge is 0.507 e. The van der Waals surface area contributed by atoms with Gasteiger partial charge >= 0.3 is 6.03 Å². The van der Waals surface area contributed by atoms with Crippen LogP contribution in [0, 0.1) is 6.92 Å². The smallest absolute Gasteiger partial charge is 0.342 e. The quantitative estimate of drug-likeness (QED) is 0.393. The van der Waals surface area contributed by atoms with Crippen LogP contribution in [-0.2, 0) is 6.54 Å². The molecule has 5 rings (SSSR count). The van der Waals surface area contributed by atoms with Crippen LogP contribution in [0.2, 0.25) is 0 Å². The topological polar surface area (TPSA) is 122 Å². The van der Waals surface area contributed by atoms with Crippen molar-refractivity contribution in [3.05, 3.63) is 83.4 Å². The summed E-state index contributed by atoms with van der Waals surface area (Å²) in [7, 11) is 0. The van der Waals surface area contributed by atoms with Crippen LogP contribution in [0.4, 0.5) is 10.5 Å². The first kappa shape index (κ1) is 21.4. The Kier molecular flexibility index (Phi) is 5.59. The second kappa shape index (κ2) is 8.86. The molecule has 0 aliphatic heterocycles. The summed E-state index contributed by atoms with van der Waals surface area (Å²) in [4.78, 5) is 25.1. The van der Waals surface area contributed by atoms with Crippen LogP contribution in [0.3, 0.4) is 0 Å². The minimum Gasteiger partial charge on any atom is -0.507 e. The van der Waals surface area contributed by atoms with Crippen molar-refractivity contribution in [3.63, 3.8) is 0 Å². The molecule has 3 N–H and O–H groups in total. The maximum atomic E-state index is 12.9. The molecule has 172 valence electrons. The van der Waals surface area contributed by atoms with Crippen molar-refractivity contribution in [2.24, 2.45) is 0 Å². The number of carbonyl (C=O) groups is 2. The Hall–Kier alpha value is -4.40. The Bertz CT molecular complexity index is 1340. The summed E-state index contributed by atoms with van der Waals surface area (Å²) < 4.78 is 6.22. The first-order valence-electron chi connectivity index (χ1n) is 11.0. The fraction of sp³-hybridized carbons (Fsp3) is 0.200. The van der Waals surface area contributed by atoms with Gasteiger partial charge in [0.2, 0.25) is 5.76 Å². The van der Waals surface area contributed by atoms with Crippen LogP contribution in [0.15, 0.2) is 65.3 Å². The molecule has 0 atom stereocenters. The number of nitrogens with one attached hydrogen (secondary N) is 2. The highest BCUT2D eigenvalue weighted by Crippen LogP contribution is 2.42. The third-order valence-electron chi connectivity index (χ3n) is 5.68. The number of carbonyl (C=O) groups excluding carboxylic acids is 2. The first-order valence-corrected chi connectivity index (χ1v) is 11.0. The van der Waals surface area contributed by atoms with Crippen molar-refractivity contribution in [3.8, 4) is 17.0 Å². The Balaban J connectivity index is 1.34. The van der Waals surface area contributed by atoms with E-state index in [0.29, 0.717) is 23.5 Å². The maximum Gasteiger partial charge on any atom is 0.342 e. The van der Waals surface area contributed by atoms with Crippen LogP contribution in [0.1, 0.15) is 46.1 Å². The average molecular weight is 457 g/mol. The monoisotopic (exact) mass is 457 g/mol. The zero-order valence-corrected chi connectivity index (χ0v) is 18.5. The molecule has 1 fully saturated rings. The van der Waals surface area contributed by atoms with E-state index in [1.165, 1.54) is 23.0 Å². The fourth-order valence-corrected chi connectivity index (χ4v) is 3.67. The molecule has 2 heterocycles. The lowest BCUT2D eigenvalue weighted by Crippen LogP contribution is -2.30. The highest BCUT2D eigenvalue weighted by atomic mass is 16.5. The predicted octanol–water partition coefficient (Wildman–Crippen LogP) is 4.44. The Morgan fingerprint density at radius 2 is 1.91 bits per heavy atom. The van der Waals surface area contributed by atoms with Crippen molar-refractivity contribution in [2.75, 3.05) is 5.32 Å². The molecule has 0 spiro atoms. The molecule has 4 aromatic rings. The lowest BCUT2D eigenvalue weighted by molar-refractivity contribution is 0.0988. The van der Waals surface area contributed by atoms with Crippen molar-refractivity contribution >= 4 is 17.6 Å². The van der Waals surface area contributed by atoms with Gasteiger partial charge in [0.15, 0.2) is 0 Å². The number of nitrogens with zero attached hydrogens (tertiary/aromatic N) is 3. The summed E-state index contributed by atoms with van der Waals surface area (Å²) in [5, 5.41) is 24.2. The van der Waals surface area contributed by atoms with Crippen molar-refractivity contribution < 1.29 is 19.2 Å². The number of anilines is 1. The minimum absolute atomic E-state index is 0.0630. The molecule has 1 saturated carbocycles. The molecule has 2 aromatic carbocycles. The van der Waals surface area contributed by atoms with E-state index in [4.69, 9.17) is 4.52 Å². The second-order valence-corrected chi connectivity index (χ2v) is 8.35. The summed E-state index contributed by atoms with van der Waals surface area (Å²) in [5.74, 6) is -0.209. The van der Waals surface area contributed by atoms with Gasteiger partial charge in [0.05, 0.1) is 17.6 Å². The van der Waals surface area contributed by atoms with E-state index in [0.717, 1.165) is 29.7 Å². The first-order chi connectivity index (χ1) is 16.5. The third-order valence-corrected chi connectivity index (χ3v) is 5.68. The molecule has 9 nitrogen and oxygen atoms in total. The number of hydrogen-bond donors (Lipinski definition) is 3. The van der Waals surface area contributed by atoms with Gasteiger partial charge in [0, 0.05) is 35.8 Å². The number of phenols is 1. The minimum atomic E-state index is -0.477. The molecule has 1 aliphatic rings. The molecular weight excluding hydrogens is 434 g/mol. The van der Waals surface area contributed by atoms with Gasteiger partial charge in [-0.15, -0.1) is 0 Å². The van der Waals surface area contributed by atoms with E-state index in [-0.39, 0.29) is 23.5 Å². The van der Waals surface area contributed by atoms with E-state index in [1.54, 1.807) is 12.1 Å². The van der Waals surface area contributed by atoms with Crippen LogP contribution in [0.5, 0.6) is 5.75 Å². The normalized spacial score (nSPS) is 13.0. The SMILES string of the molecule is Cc1ccc(CNC(=O)n2nc(-c3ccc(NC(=O)c4ccno4)cc3O)cc2C2CC2)cc1. The molecule has 0 saturated heterocycles. The van der Waals surface area contributed by atoms with Crippen LogP contribution in [0.25, 0.3) is 11.3 Å². The van der Waals surface area contributed by atoms with Crippen molar-refractivity contribution in [1.82, 2.24) is 20.3 Å². The molecule has 0 unspecified atom stereocenters. The van der Waals surface area contributed by atoms with Gasteiger partial charge in [-0.05, 0) is 43.5 Å². The number of hydrogen-bond acceptors (Lipinski definition) is 6. The number of phenolic OH excluding ortho intramolecular Hbond substituents is 1. The number of rotatable bonds is 6. The molecule has 0 bridgehead atoms. The van der Waals surface area contributed by atoms with Gasteiger partial charge in [0.1, 0.15) is 5.75 Å². The third kappa shape index (κ3) is 4.54. The summed E-state index contributed by atoms with van der Waals surface area (Å²) in [6, 6.07) is 15.7. The summed E-state index contributed by atoms with van der Waals surface area (Å²) in [6.07, 6.45) is 3.37. The Morgan fingerprint density at radius 1 is 1.12 bits per heavy atom. The lowest BCUT2D eigenvalue weighted by atomic mass is 10.1. The van der Waals surface area contributed by atoms with Crippen LogP contribution in [-0.4, -0.2) is 32.0 Å². The van der Waals surface area contributed by atoms with Crippen LogP contribution >= 0.6 is 0 Å². The van der Waals surface area contributed by atoms with Gasteiger partial charge in [-0.25, -0.2) is 4.79 Å². The molecule has 9 heteroatoms. The lowest BCUT2D eigenvalue weighted by Gasteiger charge is -2.08. The number of amides is 2. The summed E-state index contributed by atoms with van der Waals surface area (Å²) >= 11 is 0. The molecule has 34 heavy (non-hydrogen) atoms. The maximum absolute atomic E-state index is 12.9. The van der Waals surface area contributed by atoms with Gasteiger partial charge in [-0.1, -0.05) is 35.0 Å². The number of aryl methyl sites for hydroxylation is 1. The molecule has 0 radical (unpaired) electrons. The number of aromatic hydroxyl groups is 1. The molecule has 2 amide bonds. The fourth-order valence-electron chi connectivity index (χ4n) is 3.67. The summed E-state index contributed by atoms with van der Waals surface area (Å²) in [6.45, 7) is 2.41. The summed E-state index contributed by atoms with van der Waals surface area (Å²) in [5.41, 5.74) is 4.31. The van der Waals surface area contributed by atoms with E-state index >= 15 is 0 Å². The number of aromatic nitrogens is 3. The van der Waals surface area contributed by atoms with Gasteiger partial charge < -0.3 is 20.3 Å². The van der Waals surface area contributed by atoms with E-state index in [1.807, 2.05) is 37.3 Å². The molecule has 2 aromatic heterocycles. The van der Waals surface area contributed by atoms with E-state index < -0.39 is 5.91 Å². The molecular formula is C25H23N5O4. The number of benzene rings is 2. The zero-order valence-electron chi connectivity index (χ0n) is 18.5. The standard InChI is InChI=1S/C25H23N5O4/c1-15-2-4-16(5-3-15)14-26-25(33)30-21(17-6-7-17)13-20(29-30)19-9-8-18(12-22(19)31)28-24(32)23-10-11-27-34-23/h2-5,8-13,17,31H,6-7,14H2,1H3,(H,26,33)(H,28,32). The predicted molar refractivity (Wildman–Crippen MR) is 125 cm³/mol. The Labute approximate surface area is 195 Å². The van der Waals surface area contributed by atoms with Crippen molar-refractivity contribution in [2.45, 2.75) is 32.2 Å². The highest BCUT2D eigenvalue weighted by molar-refractivity contribution is 6.02. The van der Waals surface area contributed by atoms with Crippen molar-refractivity contribution in [1.29, 1.82) is 0 Å². The van der Waals surface area contributed by atoms with Gasteiger partial charge in [-0.2, -0.15) is 9.78 Å². The van der Waals surface area contributed by atoms with E-state index in [9.17, 15) is 14.7 Å². The van der Waals surface area contributed by atoms with Crippen LogP contribution < -0.4 is 10.6 Å². The Morgan fingerprint density at radius 3 is 2.59 bits per heavy atom. The highest BCUT2D eigenvalue weighted by Gasteiger charge is 2.30. The zero-order chi connectivity index (χ0) is 23.7. The molecule has 1 aliphatic carbocycles. The van der Waals surface area contributed by atoms with Gasteiger partial charge in [0.25, 0.3) is 5.91 Å². The second-order valence-electron chi connectivity index (χ2n) is 8.35. The van der Waals surface area contributed by atoms with E-state index in [2.05, 4.69) is 20.9 Å². The average Bonchev–Trinajstić information content (AvgIpc) is 3.33.